The van der Waals surface area contributed by atoms with E-state index in [9.17, 15) is 28.8 Å². The molecule has 0 unspecified atom stereocenters. The van der Waals surface area contributed by atoms with Crippen LogP contribution in [0, 0.1) is 0 Å². The molecule has 1 N–H and O–H groups in total. The van der Waals surface area contributed by atoms with Crippen molar-refractivity contribution >= 4 is 79.4 Å². The number of aromatic amines is 1. The molecule has 8 rings (SSSR count). The fraction of sp³-hybridized carbons (Fsp3) is 0.293. The lowest BCUT2D eigenvalue weighted by molar-refractivity contribution is -0.267. The van der Waals surface area contributed by atoms with Gasteiger partial charge in [0.25, 0.3) is 11.8 Å². The van der Waals surface area contributed by atoms with Crippen LogP contribution < -0.4 is 0 Å². The van der Waals surface area contributed by atoms with Gasteiger partial charge in [0.2, 0.25) is 0 Å². The molecule has 5 heterocycles. The highest BCUT2D eigenvalue weighted by Gasteiger charge is 2.54. The number of nitrogens with zero attached hydrogens (tertiary/aromatic N) is 3. The number of esters is 4. The van der Waals surface area contributed by atoms with Gasteiger partial charge in [-0.2, -0.15) is 0 Å². The number of hydrogen-bond donors (Lipinski definition) is 1. The third-order valence-electron chi connectivity index (χ3n) is 9.93. The average Bonchev–Trinajstić information content (AvgIpc) is 3.80. The van der Waals surface area contributed by atoms with E-state index in [4.69, 9.17) is 33.4 Å². The number of carbonyl (C=O) groups excluding carboxylic acids is 6. The van der Waals surface area contributed by atoms with Crippen LogP contribution in [-0.2, 0) is 54.2 Å². The molecular weight excluding hydrogens is 740 g/mol. The summed E-state index contributed by atoms with van der Waals surface area (Å²) in [7, 11) is 0. The van der Waals surface area contributed by atoms with Gasteiger partial charge in [0.15, 0.2) is 24.5 Å². The maximum absolute atomic E-state index is 14.7. The molecule has 2 aliphatic heterocycles. The maximum atomic E-state index is 14.7. The highest BCUT2D eigenvalue weighted by Crippen LogP contribution is 2.47. The summed E-state index contributed by atoms with van der Waals surface area (Å²) in [5, 5.41) is 1.85. The van der Waals surface area contributed by atoms with Crippen LogP contribution in [0.5, 0.6) is 0 Å². The Hall–Kier alpha value is -6.65. The molecule has 16 nitrogen and oxygen atoms in total. The molecule has 57 heavy (non-hydrogen) atoms. The first-order valence-electron chi connectivity index (χ1n) is 18.1. The molecule has 5 atom stereocenters. The molecule has 3 aromatic heterocycles. The number of carbonyl (C=O) groups is 6. The molecule has 0 saturated carbocycles. The number of pyridine rings is 1. The van der Waals surface area contributed by atoms with Crippen LogP contribution in [0.1, 0.15) is 60.2 Å². The van der Waals surface area contributed by atoms with E-state index >= 15 is 0 Å². The Morgan fingerprint density at radius 1 is 0.737 bits per heavy atom. The van der Waals surface area contributed by atoms with Crippen molar-refractivity contribution in [2.75, 3.05) is 13.3 Å². The summed E-state index contributed by atoms with van der Waals surface area (Å²) in [6, 6.07) is 20.0. The Labute approximate surface area is 323 Å². The minimum absolute atomic E-state index is 0.0953. The quantitative estimate of drug-likeness (QED) is 0.113. The molecule has 6 aromatic rings. The van der Waals surface area contributed by atoms with Gasteiger partial charge in [-0.05, 0) is 23.8 Å². The van der Waals surface area contributed by atoms with Crippen molar-refractivity contribution in [1.82, 2.24) is 19.4 Å². The van der Waals surface area contributed by atoms with Crippen molar-refractivity contribution in [3.8, 4) is 0 Å². The zero-order valence-electron chi connectivity index (χ0n) is 31.2. The van der Waals surface area contributed by atoms with Gasteiger partial charge in [-0.15, -0.1) is 0 Å². The molecule has 1 fully saturated rings. The molecule has 0 aliphatic carbocycles. The lowest BCUT2D eigenvalue weighted by Gasteiger charge is -2.45. The maximum Gasteiger partial charge on any atom is 0.303 e. The second-order valence-electron chi connectivity index (χ2n) is 13.7. The van der Waals surface area contributed by atoms with Crippen molar-refractivity contribution in [1.29, 1.82) is 0 Å². The van der Waals surface area contributed by atoms with Crippen molar-refractivity contribution in [3.05, 3.63) is 89.6 Å². The summed E-state index contributed by atoms with van der Waals surface area (Å²) in [6.45, 7) is 3.98. The normalized spacial score (nSPS) is 20.6. The smallest absolute Gasteiger partial charge is 0.303 e. The summed E-state index contributed by atoms with van der Waals surface area (Å²) < 4.78 is 36.8. The summed E-state index contributed by atoms with van der Waals surface area (Å²) in [4.78, 5) is 88.4. The van der Waals surface area contributed by atoms with E-state index in [1.807, 2.05) is 54.6 Å². The first-order valence-corrected chi connectivity index (χ1v) is 18.1. The molecule has 292 valence electrons. The second-order valence-corrected chi connectivity index (χ2v) is 13.7. The van der Waals surface area contributed by atoms with Crippen LogP contribution in [0.25, 0.3) is 43.7 Å². The van der Waals surface area contributed by atoms with Gasteiger partial charge in [-0.1, -0.05) is 48.5 Å². The minimum Gasteiger partial charge on any atom is -0.463 e. The molecule has 0 spiro atoms. The largest absolute Gasteiger partial charge is 0.463 e. The van der Waals surface area contributed by atoms with E-state index in [2.05, 4.69) is 4.98 Å². The van der Waals surface area contributed by atoms with Crippen LogP contribution >= 0.6 is 0 Å². The molecule has 2 amide bonds. The predicted octanol–water partition coefficient (Wildman–Crippen LogP) is 4.85. The van der Waals surface area contributed by atoms with Gasteiger partial charge in [0.05, 0.1) is 28.8 Å². The Morgan fingerprint density at radius 3 is 2.07 bits per heavy atom. The lowest BCUT2D eigenvalue weighted by atomic mass is 9.96. The van der Waals surface area contributed by atoms with Gasteiger partial charge in [0, 0.05) is 61.0 Å². The molecule has 3 aromatic carbocycles. The Morgan fingerprint density at radius 2 is 1.37 bits per heavy atom. The highest BCUT2D eigenvalue weighted by molar-refractivity contribution is 6.39. The van der Waals surface area contributed by atoms with Crippen LogP contribution in [-0.4, -0.2) is 92.9 Å². The van der Waals surface area contributed by atoms with E-state index < -0.39 is 72.9 Å². The number of amides is 2. The first kappa shape index (κ1) is 37.3. The number of ether oxygens (including phenoxy) is 6. The van der Waals surface area contributed by atoms with E-state index in [1.54, 1.807) is 16.7 Å². The third-order valence-corrected chi connectivity index (χ3v) is 9.93. The fourth-order valence-corrected chi connectivity index (χ4v) is 7.86. The SMILES string of the molecule is CC(=O)OC[C@H]1O[C@H](n2c3ncccc3c3c4c(c5c6ccccc6[nH]c5c32)C(=O)N(COCc2ccccc2)C4=O)[C@H](OC(C)=O)[C@@H](OC(C)=O)[C@@H]1OC(C)=O. The topological polar surface area (TPSA) is 195 Å². The van der Waals surface area contributed by atoms with E-state index in [0.29, 0.717) is 38.1 Å². The zero-order valence-corrected chi connectivity index (χ0v) is 31.2. The number of aromatic nitrogens is 3. The number of fused-ring (bicyclic) bond motifs is 10. The Kier molecular flexibility index (Phi) is 9.67. The summed E-state index contributed by atoms with van der Waals surface area (Å²) >= 11 is 0. The Balaban J connectivity index is 1.39. The molecule has 1 saturated heterocycles. The average molecular weight is 777 g/mol. The number of hydrogen-bond acceptors (Lipinski definition) is 13. The van der Waals surface area contributed by atoms with Gasteiger partial charge in [-0.25, -0.2) is 9.88 Å². The molecule has 2 aliphatic rings. The number of H-pyrrole nitrogens is 1. The molecule has 16 heteroatoms. The highest BCUT2D eigenvalue weighted by atomic mass is 16.7. The third kappa shape index (κ3) is 6.51. The number of benzene rings is 3. The van der Waals surface area contributed by atoms with E-state index in [-0.39, 0.29) is 30.1 Å². The van der Waals surface area contributed by atoms with E-state index in [1.165, 1.54) is 13.1 Å². The number of imide groups is 1. The van der Waals surface area contributed by atoms with Crippen molar-refractivity contribution in [3.63, 3.8) is 0 Å². The molecular formula is C41H36N4O12. The minimum atomic E-state index is -1.50. The van der Waals surface area contributed by atoms with E-state index in [0.717, 1.165) is 31.2 Å². The fourth-order valence-electron chi connectivity index (χ4n) is 7.86. The van der Waals surface area contributed by atoms with Crippen LogP contribution in [0.3, 0.4) is 0 Å². The first-order chi connectivity index (χ1) is 27.4. The summed E-state index contributed by atoms with van der Waals surface area (Å²) in [5.41, 5.74) is 2.75. The van der Waals surface area contributed by atoms with Crippen molar-refractivity contribution < 1.29 is 57.2 Å². The number of rotatable bonds is 10. The molecule has 0 radical (unpaired) electrons. The zero-order chi connectivity index (χ0) is 40.1. The van der Waals surface area contributed by atoms with Crippen LogP contribution in [0.15, 0.2) is 72.9 Å². The van der Waals surface area contributed by atoms with Crippen molar-refractivity contribution in [2.24, 2.45) is 0 Å². The van der Waals surface area contributed by atoms with Crippen LogP contribution in [0.4, 0.5) is 0 Å². The summed E-state index contributed by atoms with van der Waals surface area (Å²) in [6.07, 6.45) is -5.58. The van der Waals surface area contributed by atoms with Gasteiger partial charge in [0.1, 0.15) is 25.1 Å². The second kappa shape index (κ2) is 14.8. The van der Waals surface area contributed by atoms with Crippen LogP contribution in [0.2, 0.25) is 0 Å². The monoisotopic (exact) mass is 776 g/mol. The van der Waals surface area contributed by atoms with Crippen molar-refractivity contribution in [2.45, 2.75) is 64.9 Å². The number of para-hydroxylation sites is 1. The predicted molar refractivity (Wildman–Crippen MR) is 200 cm³/mol. The Bertz CT molecular complexity index is 2630. The van der Waals surface area contributed by atoms with Gasteiger partial charge < -0.3 is 33.4 Å². The standard InChI is InChI=1S/C41H36N4O12/c1-20(46)53-18-28-35(54-21(2)47)36(55-22(3)48)37(56-23(4)49)41(57-28)45-34-30(26-14-10-16-42-38(26)45)32-31(29-25-13-8-9-15-27(25)43-33(29)34)39(50)44(40(32)51)19-52-17-24-11-6-5-7-12-24/h5-16,28,35-37,41,43H,17-19H2,1-4H3/t28-,35-,36+,37-,41+/m1/s1. The molecule has 0 bridgehead atoms. The summed E-state index contributed by atoms with van der Waals surface area (Å²) in [5.74, 6) is -4.19. The van der Waals surface area contributed by atoms with Gasteiger partial charge in [-0.3, -0.25) is 33.3 Å². The number of nitrogens with one attached hydrogen (secondary N) is 1. The van der Waals surface area contributed by atoms with Gasteiger partial charge >= 0.3 is 23.9 Å². The lowest BCUT2D eigenvalue weighted by Crippen LogP contribution is -2.60.